The van der Waals surface area contributed by atoms with Gasteiger partial charge in [-0.25, -0.2) is 4.79 Å². The van der Waals surface area contributed by atoms with Crippen molar-refractivity contribution in [2.75, 3.05) is 0 Å². The van der Waals surface area contributed by atoms with Crippen LogP contribution in [0.5, 0.6) is 0 Å². The summed E-state index contributed by atoms with van der Waals surface area (Å²) in [5, 5.41) is 12.9. The fourth-order valence-electron chi connectivity index (χ4n) is 1.52. The second-order valence-electron chi connectivity index (χ2n) is 4.18. The maximum Gasteiger partial charge on any atom is 0.382 e. The van der Waals surface area contributed by atoms with E-state index in [1.54, 1.807) is 0 Å². The molecule has 0 bridgehead atoms. The van der Waals surface area contributed by atoms with Crippen LogP contribution in [0, 0.1) is 31.6 Å². The highest BCUT2D eigenvalue weighted by atomic mass is 16.4. The van der Waals surface area contributed by atoms with Gasteiger partial charge >= 0.3 is 5.97 Å². The highest BCUT2D eigenvalue weighted by Crippen LogP contribution is 2.13. The van der Waals surface area contributed by atoms with Gasteiger partial charge in [0.25, 0.3) is 0 Å². The number of hydrogen-bond donors (Lipinski definition) is 1. The van der Waals surface area contributed by atoms with Crippen LogP contribution in [0.1, 0.15) is 30.8 Å². The monoisotopic (exact) mass is 220 g/mol. The predicted octanol–water partition coefficient (Wildman–Crippen LogP) is 1.59. The van der Waals surface area contributed by atoms with Gasteiger partial charge in [0.05, 0.1) is 17.0 Å². The van der Waals surface area contributed by atoms with E-state index in [-0.39, 0.29) is 0 Å². The molecule has 86 valence electrons. The van der Waals surface area contributed by atoms with Crippen molar-refractivity contribution in [3.05, 3.63) is 17.0 Å². The molecule has 0 aliphatic rings. The molecular weight excluding hydrogens is 204 g/mol. The van der Waals surface area contributed by atoms with Crippen molar-refractivity contribution >= 4 is 5.97 Å². The summed E-state index contributed by atoms with van der Waals surface area (Å²) in [5.41, 5.74) is 2.44. The molecule has 0 amide bonds. The third kappa shape index (κ3) is 2.86. The van der Waals surface area contributed by atoms with Crippen LogP contribution in [0.2, 0.25) is 0 Å². The summed E-state index contributed by atoms with van der Waals surface area (Å²) in [5.74, 6) is 4.15. The average Bonchev–Trinajstić information content (AvgIpc) is 2.39. The highest BCUT2D eigenvalue weighted by Gasteiger charge is 2.10. The van der Waals surface area contributed by atoms with Crippen molar-refractivity contribution in [3.8, 4) is 11.8 Å². The van der Waals surface area contributed by atoms with Crippen LogP contribution in [0.4, 0.5) is 0 Å². The number of carboxylic acids is 1. The first kappa shape index (κ1) is 12.3. The number of nitrogens with zero attached hydrogens (tertiary/aromatic N) is 2. The summed E-state index contributed by atoms with van der Waals surface area (Å²) in [6.45, 7) is 8.80. The Morgan fingerprint density at radius 3 is 2.62 bits per heavy atom. The van der Waals surface area contributed by atoms with Crippen molar-refractivity contribution in [2.24, 2.45) is 5.92 Å². The lowest BCUT2D eigenvalue weighted by Gasteiger charge is -2.06. The van der Waals surface area contributed by atoms with E-state index in [4.69, 9.17) is 5.11 Å². The quantitative estimate of drug-likeness (QED) is 0.770. The standard InChI is InChI=1S/C12H16N2O2/c1-8(2)7-14-10(4)11(9(3)13-14)5-6-12(15)16/h8H,7H2,1-4H3,(H,15,16). The van der Waals surface area contributed by atoms with Gasteiger partial charge in [-0.3, -0.25) is 4.68 Å². The maximum atomic E-state index is 10.4. The van der Waals surface area contributed by atoms with Gasteiger partial charge in [-0.2, -0.15) is 5.10 Å². The number of aromatic nitrogens is 2. The Balaban J connectivity index is 3.08. The first-order valence-corrected chi connectivity index (χ1v) is 5.20. The minimum absolute atomic E-state index is 0.498. The van der Waals surface area contributed by atoms with E-state index in [0.717, 1.165) is 23.5 Å². The summed E-state index contributed by atoms with van der Waals surface area (Å²) in [6.07, 6.45) is 0. The van der Waals surface area contributed by atoms with E-state index in [1.165, 1.54) is 0 Å². The lowest BCUT2D eigenvalue weighted by Crippen LogP contribution is -2.07. The molecule has 0 saturated heterocycles. The predicted molar refractivity (Wildman–Crippen MR) is 61.1 cm³/mol. The largest absolute Gasteiger partial charge is 0.472 e. The van der Waals surface area contributed by atoms with Crippen LogP contribution in [0.3, 0.4) is 0 Å². The first-order chi connectivity index (χ1) is 7.41. The summed E-state index contributed by atoms with van der Waals surface area (Å²) in [7, 11) is 0. The van der Waals surface area contributed by atoms with E-state index in [0.29, 0.717) is 5.92 Å². The maximum absolute atomic E-state index is 10.4. The Labute approximate surface area is 95.3 Å². The molecule has 0 saturated carbocycles. The van der Waals surface area contributed by atoms with Gasteiger partial charge in [-0.15, -0.1) is 0 Å². The molecule has 0 aliphatic heterocycles. The number of aliphatic carboxylic acids is 1. The molecule has 0 aliphatic carbocycles. The third-order valence-electron chi connectivity index (χ3n) is 2.21. The van der Waals surface area contributed by atoms with Gasteiger partial charge in [0.15, 0.2) is 0 Å². The van der Waals surface area contributed by atoms with Gasteiger partial charge in [-0.1, -0.05) is 19.8 Å². The van der Waals surface area contributed by atoms with Gasteiger partial charge < -0.3 is 5.11 Å². The molecule has 16 heavy (non-hydrogen) atoms. The number of carbonyl (C=O) groups is 1. The Bertz CT molecular complexity index is 461. The van der Waals surface area contributed by atoms with Crippen molar-refractivity contribution in [2.45, 2.75) is 34.2 Å². The molecule has 1 aromatic rings. The molecule has 1 N–H and O–H groups in total. The van der Waals surface area contributed by atoms with E-state index < -0.39 is 5.97 Å². The lowest BCUT2D eigenvalue weighted by molar-refractivity contribution is -0.130. The van der Waals surface area contributed by atoms with Gasteiger partial charge in [0, 0.05) is 12.5 Å². The molecule has 0 spiro atoms. The van der Waals surface area contributed by atoms with Crippen LogP contribution < -0.4 is 0 Å². The first-order valence-electron chi connectivity index (χ1n) is 5.20. The summed E-state index contributed by atoms with van der Waals surface area (Å²) < 4.78 is 1.88. The van der Waals surface area contributed by atoms with Crippen LogP contribution in [-0.4, -0.2) is 20.9 Å². The zero-order valence-corrected chi connectivity index (χ0v) is 10.0. The molecule has 0 aromatic carbocycles. The SMILES string of the molecule is Cc1nn(CC(C)C)c(C)c1C#CC(=O)O. The molecule has 4 nitrogen and oxygen atoms in total. The summed E-state index contributed by atoms with van der Waals surface area (Å²) in [6, 6.07) is 0. The molecule has 1 heterocycles. The van der Waals surface area contributed by atoms with Crippen LogP contribution in [0.15, 0.2) is 0 Å². The van der Waals surface area contributed by atoms with Gasteiger partial charge in [-0.05, 0) is 19.8 Å². The highest BCUT2D eigenvalue weighted by molar-refractivity contribution is 5.87. The Hall–Kier alpha value is -1.76. The number of hydrogen-bond acceptors (Lipinski definition) is 2. The topological polar surface area (TPSA) is 55.1 Å². The smallest absolute Gasteiger partial charge is 0.382 e. The van der Waals surface area contributed by atoms with E-state index in [2.05, 4.69) is 30.8 Å². The summed E-state index contributed by atoms with van der Waals surface area (Å²) >= 11 is 0. The molecule has 0 radical (unpaired) electrons. The molecule has 4 heteroatoms. The fraction of sp³-hybridized carbons (Fsp3) is 0.500. The molecule has 1 aromatic heterocycles. The zero-order chi connectivity index (χ0) is 12.3. The molecule has 1 rings (SSSR count). The molecular formula is C12H16N2O2. The van der Waals surface area contributed by atoms with Crippen LogP contribution in [-0.2, 0) is 11.3 Å². The van der Waals surface area contributed by atoms with E-state index in [1.807, 2.05) is 18.5 Å². The van der Waals surface area contributed by atoms with E-state index in [9.17, 15) is 4.79 Å². The third-order valence-corrected chi connectivity index (χ3v) is 2.21. The van der Waals surface area contributed by atoms with Gasteiger partial charge in [0.2, 0.25) is 0 Å². The Morgan fingerprint density at radius 1 is 1.50 bits per heavy atom. The molecule has 0 unspecified atom stereocenters. The minimum atomic E-state index is -1.12. The summed E-state index contributed by atoms with van der Waals surface area (Å²) in [4.78, 5) is 10.4. The fourth-order valence-corrected chi connectivity index (χ4v) is 1.52. The number of rotatable bonds is 2. The molecule has 0 fully saturated rings. The number of carboxylic acid groups (broad SMARTS) is 1. The van der Waals surface area contributed by atoms with E-state index >= 15 is 0 Å². The second kappa shape index (κ2) is 4.84. The van der Waals surface area contributed by atoms with Crippen LogP contribution in [0.25, 0.3) is 0 Å². The van der Waals surface area contributed by atoms with Crippen molar-refractivity contribution in [1.82, 2.24) is 9.78 Å². The van der Waals surface area contributed by atoms with Crippen molar-refractivity contribution in [3.63, 3.8) is 0 Å². The Kier molecular flexibility index (Phi) is 3.73. The second-order valence-corrected chi connectivity index (χ2v) is 4.18. The lowest BCUT2D eigenvalue weighted by atomic mass is 10.2. The normalized spacial score (nSPS) is 10.1. The van der Waals surface area contributed by atoms with Gasteiger partial charge in [0.1, 0.15) is 0 Å². The Morgan fingerprint density at radius 2 is 2.12 bits per heavy atom. The number of aryl methyl sites for hydroxylation is 1. The zero-order valence-electron chi connectivity index (χ0n) is 10.0. The average molecular weight is 220 g/mol. The van der Waals surface area contributed by atoms with Crippen molar-refractivity contribution < 1.29 is 9.90 Å². The molecule has 0 atom stereocenters. The minimum Gasteiger partial charge on any atom is -0.472 e. The van der Waals surface area contributed by atoms with Crippen molar-refractivity contribution in [1.29, 1.82) is 0 Å². The van der Waals surface area contributed by atoms with Crippen LogP contribution >= 0.6 is 0 Å².